The minimum absolute atomic E-state index is 0. The van der Waals surface area contributed by atoms with Crippen molar-refractivity contribution in [2.45, 2.75) is 51.6 Å². The van der Waals surface area contributed by atoms with E-state index in [1.165, 1.54) is 13.0 Å². The van der Waals surface area contributed by atoms with Crippen LogP contribution in [0, 0.1) is 5.92 Å². The number of rotatable bonds is 5. The first-order valence-corrected chi connectivity index (χ1v) is 8.04. The summed E-state index contributed by atoms with van der Waals surface area (Å²) in [5.74, 6) is -0.155. The van der Waals surface area contributed by atoms with E-state index < -0.39 is 13.6 Å². The second-order valence-electron chi connectivity index (χ2n) is 5.06. The maximum atomic E-state index is 11.2. The van der Waals surface area contributed by atoms with E-state index in [4.69, 9.17) is 5.73 Å². The van der Waals surface area contributed by atoms with Crippen LogP contribution in [-0.4, -0.2) is 18.0 Å². The lowest BCUT2D eigenvalue weighted by Gasteiger charge is -2.41. The van der Waals surface area contributed by atoms with Crippen molar-refractivity contribution in [3.8, 4) is 0 Å². The molecule has 0 saturated carbocycles. The van der Waals surface area contributed by atoms with E-state index >= 15 is 0 Å². The van der Waals surface area contributed by atoms with E-state index in [2.05, 4.69) is 5.32 Å². The lowest BCUT2D eigenvalue weighted by atomic mass is 9.82. The number of amides is 1. The van der Waals surface area contributed by atoms with Crippen molar-refractivity contribution in [3.05, 3.63) is 11.4 Å². The van der Waals surface area contributed by atoms with Gasteiger partial charge in [-0.2, -0.15) is 0 Å². The van der Waals surface area contributed by atoms with Crippen LogP contribution >= 0.6 is 7.60 Å². The van der Waals surface area contributed by atoms with Crippen LogP contribution in [0.3, 0.4) is 0 Å². The zero-order valence-corrected chi connectivity index (χ0v) is 14.2. The summed E-state index contributed by atoms with van der Waals surface area (Å²) >= 11 is 0. The van der Waals surface area contributed by atoms with Crippen LogP contribution in [0.5, 0.6) is 0 Å². The predicted molar refractivity (Wildman–Crippen MR) is 80.9 cm³/mol. The van der Waals surface area contributed by atoms with Crippen molar-refractivity contribution >= 4 is 13.5 Å². The number of carbonyl (C=O) groups is 1. The fourth-order valence-electron chi connectivity index (χ4n) is 2.57. The summed E-state index contributed by atoms with van der Waals surface area (Å²) in [7, 11) is -4.68. The van der Waals surface area contributed by atoms with Crippen molar-refractivity contribution in [1.29, 1.82) is 0 Å². The summed E-state index contributed by atoms with van der Waals surface area (Å²) in [5.41, 5.74) is 5.98. The monoisotopic (exact) mass is 324 g/mol. The van der Waals surface area contributed by atoms with Gasteiger partial charge in [0.15, 0.2) is 0 Å². The zero-order valence-electron chi connectivity index (χ0n) is 13.3. The van der Waals surface area contributed by atoms with E-state index in [1.54, 1.807) is 0 Å². The zero-order chi connectivity index (χ0) is 14.6. The molecular weight excluding hydrogens is 295 g/mol. The van der Waals surface area contributed by atoms with Gasteiger partial charge in [-0.15, -0.1) is 0 Å². The van der Waals surface area contributed by atoms with Gasteiger partial charge in [0.25, 0.3) is 0 Å². The molecule has 1 amide bonds. The highest BCUT2D eigenvalue weighted by Crippen LogP contribution is 2.43. The molecule has 8 nitrogen and oxygen atoms in total. The number of nitrogens with one attached hydrogen (secondary N) is 1. The van der Waals surface area contributed by atoms with E-state index in [0.29, 0.717) is 6.42 Å². The third-order valence-corrected chi connectivity index (χ3v) is 4.55. The highest BCUT2D eigenvalue weighted by atomic mass is 31.2. The second-order valence-corrected chi connectivity index (χ2v) is 6.63. The van der Waals surface area contributed by atoms with E-state index in [9.17, 15) is 19.1 Å². The van der Waals surface area contributed by atoms with Crippen LogP contribution < -0.4 is 33.1 Å². The van der Waals surface area contributed by atoms with Crippen LogP contribution in [0.15, 0.2) is 11.4 Å². The molecule has 3 atom stereocenters. The first-order chi connectivity index (χ1) is 8.75. The highest BCUT2D eigenvalue weighted by Gasteiger charge is 2.30. The molecule has 0 spiro atoms. The lowest BCUT2D eigenvalue weighted by molar-refractivity contribution is -0.310. The minimum Gasteiger partial charge on any atom is -0.808 e. The molecule has 0 radical (unpaired) electrons. The average Bonchev–Trinajstić information content (AvgIpc) is 2.26. The third kappa shape index (κ3) is 6.69. The number of quaternary nitrogens is 2. The molecule has 0 unspecified atom stereocenters. The second kappa shape index (κ2) is 9.30. The Balaban J connectivity index is 0. The maximum absolute atomic E-state index is 11.2. The van der Waals surface area contributed by atoms with Crippen LogP contribution in [-0.2, 0) is 9.36 Å². The molecule has 126 valence electrons. The van der Waals surface area contributed by atoms with Gasteiger partial charge in [-0.1, -0.05) is 19.4 Å². The molecule has 11 N–H and O–H groups in total. The summed E-state index contributed by atoms with van der Waals surface area (Å²) in [5, 5.41) is 2.76. The lowest BCUT2D eigenvalue weighted by Crippen LogP contribution is -2.48. The Bertz CT molecular complexity index is 410. The predicted octanol–water partition coefficient (Wildman–Crippen LogP) is 0.579. The fraction of sp³-hybridized carbons (Fsp3) is 0.750. The summed E-state index contributed by atoms with van der Waals surface area (Å²) in [6.45, 7) is 3.45. The molecule has 0 saturated heterocycles. The van der Waals surface area contributed by atoms with Gasteiger partial charge in [-0.3, -0.25) is 4.79 Å². The maximum Gasteiger partial charge on any atom is 0.217 e. The molecule has 1 aliphatic carbocycles. The van der Waals surface area contributed by atoms with Crippen molar-refractivity contribution in [2.24, 2.45) is 11.7 Å². The van der Waals surface area contributed by atoms with Gasteiger partial charge in [0.1, 0.15) is 0 Å². The van der Waals surface area contributed by atoms with Crippen molar-refractivity contribution in [3.63, 3.8) is 0 Å². The average molecular weight is 324 g/mol. The van der Waals surface area contributed by atoms with E-state index in [0.717, 1.165) is 12.8 Å². The molecule has 0 bridgehead atoms. The van der Waals surface area contributed by atoms with Crippen LogP contribution in [0.25, 0.3) is 0 Å². The molecule has 0 aromatic heterocycles. The number of nitrogens with two attached hydrogens (primary N) is 1. The number of hydrogen-bond donors (Lipinski definition) is 4. The van der Waals surface area contributed by atoms with Crippen LogP contribution in [0.2, 0.25) is 0 Å². The van der Waals surface area contributed by atoms with Gasteiger partial charge in [-0.25, -0.2) is 0 Å². The minimum atomic E-state index is -4.68. The summed E-state index contributed by atoms with van der Waals surface area (Å²) < 4.78 is 11.0. The Morgan fingerprint density at radius 2 is 2.10 bits per heavy atom. The summed E-state index contributed by atoms with van der Waals surface area (Å²) in [4.78, 5) is 33.2. The Labute approximate surface area is 125 Å². The topological polar surface area (TPSA) is 191 Å². The van der Waals surface area contributed by atoms with Crippen LogP contribution in [0.1, 0.15) is 39.5 Å². The molecule has 0 fully saturated rings. The molecule has 21 heavy (non-hydrogen) atoms. The van der Waals surface area contributed by atoms with Crippen LogP contribution in [0.4, 0.5) is 0 Å². The van der Waals surface area contributed by atoms with Gasteiger partial charge in [0.05, 0.1) is 0 Å². The van der Waals surface area contributed by atoms with Crippen molar-refractivity contribution < 1.29 is 19.1 Å². The third-order valence-electron chi connectivity index (χ3n) is 3.48. The fourth-order valence-corrected chi connectivity index (χ4v) is 3.34. The molecule has 0 aromatic carbocycles. The van der Waals surface area contributed by atoms with Gasteiger partial charge in [0, 0.05) is 19.0 Å². The molecule has 0 heterocycles. The number of hydrogen-bond acceptors (Lipinski definition) is 5. The highest BCUT2D eigenvalue weighted by molar-refractivity contribution is 7.53. The smallest absolute Gasteiger partial charge is 0.217 e. The Morgan fingerprint density at radius 1 is 1.52 bits per heavy atom. The number of allylic oxidation sites excluding steroid dienone is 1. The molecule has 1 aliphatic rings. The SMILES string of the molecule is CCC[C@H](NC(C)=O)[C@H]1CC=C(P(=O)([O-])[O-])C[C@@H]1N.[NH4+].[NH4+]. The standard InChI is InChI=1S/C12H23N2O4P.2H3N/c1-3-4-12(14-8(2)15)10-6-5-9(7-11(10)13)19(16,17)18;;/h5,10-12H,3-4,6-7,13H2,1-2H3,(H,14,15)(H2,16,17,18);2*1H3/t10-,11-,12-;;/m0../s1. The molecule has 1 rings (SSSR count). The van der Waals surface area contributed by atoms with E-state index in [1.807, 2.05) is 6.92 Å². The quantitative estimate of drug-likeness (QED) is 0.536. The first-order valence-electron chi connectivity index (χ1n) is 6.50. The molecule has 0 aliphatic heterocycles. The van der Waals surface area contributed by atoms with Crippen molar-refractivity contribution in [2.75, 3.05) is 0 Å². The Kier molecular flexibility index (Phi) is 9.97. The van der Waals surface area contributed by atoms with Gasteiger partial charge < -0.3 is 37.7 Å². The van der Waals surface area contributed by atoms with Gasteiger partial charge in [-0.05, 0) is 38.1 Å². The molecule has 0 aromatic rings. The van der Waals surface area contributed by atoms with Gasteiger partial charge in [0.2, 0.25) is 5.91 Å². The van der Waals surface area contributed by atoms with E-state index in [-0.39, 0.29) is 41.9 Å². The summed E-state index contributed by atoms with van der Waals surface area (Å²) in [6.07, 6.45) is 3.61. The Hall–Kier alpha value is -0.760. The van der Waals surface area contributed by atoms with Crippen molar-refractivity contribution in [1.82, 2.24) is 17.6 Å². The van der Waals surface area contributed by atoms with Gasteiger partial charge >= 0.3 is 0 Å². The summed E-state index contributed by atoms with van der Waals surface area (Å²) in [6, 6.07) is -0.493. The molecule has 9 heteroatoms. The largest absolute Gasteiger partial charge is 0.808 e. The molecular formula is C12H29N4O4P. The first kappa shape index (κ1) is 22.5. The number of carbonyl (C=O) groups excluding carboxylic acids is 1. The Morgan fingerprint density at radius 3 is 2.48 bits per heavy atom. The normalized spacial score (nSPS) is 23.2.